The van der Waals surface area contributed by atoms with E-state index in [1.165, 1.54) is 17.8 Å². The molecule has 0 atom stereocenters. The highest BCUT2D eigenvalue weighted by Gasteiger charge is 2.09. The summed E-state index contributed by atoms with van der Waals surface area (Å²) in [6, 6.07) is 5.32. The summed E-state index contributed by atoms with van der Waals surface area (Å²) in [5, 5.41) is 18.1. The standard InChI is InChI=1S/C10H8N4S/c1-2-3-15-10-8(6-12)4-7(5-11)9(13)14-10/h2,4H,1,3H2,(H2,13,14). The Bertz CT molecular complexity index is 468. The first-order valence-electron chi connectivity index (χ1n) is 4.07. The maximum Gasteiger partial charge on any atom is 0.142 e. The normalized spacial score (nSPS) is 8.93. The van der Waals surface area contributed by atoms with Crippen LogP contribution in [0.3, 0.4) is 0 Å². The fraction of sp³-hybridized carbons (Fsp3) is 0.100. The summed E-state index contributed by atoms with van der Waals surface area (Å²) in [7, 11) is 0. The molecule has 0 saturated heterocycles. The molecule has 0 amide bonds. The Kier molecular flexibility index (Phi) is 3.73. The molecule has 0 aliphatic rings. The van der Waals surface area contributed by atoms with E-state index in [1.54, 1.807) is 6.08 Å². The number of nitrogens with zero attached hydrogens (tertiary/aromatic N) is 3. The third-order valence-corrected chi connectivity index (χ3v) is 2.58. The molecule has 2 N–H and O–H groups in total. The number of nitrogens with two attached hydrogens (primary N) is 1. The topological polar surface area (TPSA) is 86.5 Å². The average molecular weight is 216 g/mol. The summed E-state index contributed by atoms with van der Waals surface area (Å²) in [6.45, 7) is 3.57. The third-order valence-electron chi connectivity index (χ3n) is 1.60. The van der Waals surface area contributed by atoms with Crippen molar-refractivity contribution in [2.45, 2.75) is 5.03 Å². The van der Waals surface area contributed by atoms with Gasteiger partial charge in [0.2, 0.25) is 0 Å². The molecule has 5 heteroatoms. The van der Waals surface area contributed by atoms with E-state index in [0.717, 1.165) is 0 Å². The number of nitrogen functional groups attached to an aromatic ring is 1. The van der Waals surface area contributed by atoms with Crippen LogP contribution in [0, 0.1) is 22.7 Å². The molecule has 0 unspecified atom stereocenters. The van der Waals surface area contributed by atoms with Gasteiger partial charge in [-0.1, -0.05) is 6.08 Å². The van der Waals surface area contributed by atoms with Gasteiger partial charge < -0.3 is 5.73 Å². The van der Waals surface area contributed by atoms with Crippen LogP contribution in [0.1, 0.15) is 11.1 Å². The number of rotatable bonds is 3. The molecule has 0 radical (unpaired) electrons. The summed E-state index contributed by atoms with van der Waals surface area (Å²) < 4.78 is 0. The fourth-order valence-electron chi connectivity index (χ4n) is 0.927. The van der Waals surface area contributed by atoms with Crippen molar-refractivity contribution < 1.29 is 0 Å². The van der Waals surface area contributed by atoms with Crippen LogP contribution in [0.5, 0.6) is 0 Å². The van der Waals surface area contributed by atoms with Crippen molar-refractivity contribution in [1.29, 1.82) is 10.5 Å². The molecule has 0 aromatic carbocycles. The average Bonchev–Trinajstić information content (AvgIpc) is 2.26. The second kappa shape index (κ2) is 5.04. The maximum absolute atomic E-state index is 8.85. The van der Waals surface area contributed by atoms with E-state index in [-0.39, 0.29) is 11.4 Å². The zero-order chi connectivity index (χ0) is 11.3. The molecule has 1 rings (SSSR count). The number of thioether (sulfide) groups is 1. The van der Waals surface area contributed by atoms with Gasteiger partial charge in [-0.25, -0.2) is 4.98 Å². The van der Waals surface area contributed by atoms with Crippen LogP contribution in [-0.2, 0) is 0 Å². The zero-order valence-electron chi connectivity index (χ0n) is 7.90. The van der Waals surface area contributed by atoms with Gasteiger partial charge in [-0.05, 0) is 6.07 Å². The lowest BCUT2D eigenvalue weighted by Gasteiger charge is -2.03. The largest absolute Gasteiger partial charge is 0.383 e. The van der Waals surface area contributed by atoms with Crippen molar-refractivity contribution >= 4 is 17.6 Å². The van der Waals surface area contributed by atoms with Crippen molar-refractivity contribution in [3.63, 3.8) is 0 Å². The Balaban J connectivity index is 3.18. The van der Waals surface area contributed by atoms with Crippen LogP contribution >= 0.6 is 11.8 Å². The Hall–Kier alpha value is -1.98. The molecular formula is C10H8N4S. The summed E-state index contributed by atoms with van der Waals surface area (Å²) in [4.78, 5) is 4.00. The van der Waals surface area contributed by atoms with Crippen molar-refractivity contribution in [3.8, 4) is 12.1 Å². The van der Waals surface area contributed by atoms with Gasteiger partial charge in [0.15, 0.2) is 0 Å². The van der Waals surface area contributed by atoms with E-state index in [9.17, 15) is 0 Å². The maximum atomic E-state index is 8.85. The number of hydrogen-bond donors (Lipinski definition) is 1. The minimum absolute atomic E-state index is 0.156. The number of pyridine rings is 1. The van der Waals surface area contributed by atoms with Crippen LogP contribution in [0.4, 0.5) is 5.82 Å². The van der Waals surface area contributed by atoms with Crippen LogP contribution in [0.2, 0.25) is 0 Å². The molecular weight excluding hydrogens is 208 g/mol. The quantitative estimate of drug-likeness (QED) is 0.613. The molecule has 1 heterocycles. The van der Waals surface area contributed by atoms with Gasteiger partial charge in [-0.15, -0.1) is 18.3 Å². The van der Waals surface area contributed by atoms with Gasteiger partial charge in [-0.2, -0.15) is 10.5 Å². The first-order valence-corrected chi connectivity index (χ1v) is 5.06. The SMILES string of the molecule is C=CCSc1nc(N)c(C#N)cc1C#N. The van der Waals surface area contributed by atoms with E-state index in [4.69, 9.17) is 16.3 Å². The highest BCUT2D eigenvalue weighted by molar-refractivity contribution is 7.99. The highest BCUT2D eigenvalue weighted by Crippen LogP contribution is 2.23. The van der Waals surface area contributed by atoms with E-state index in [0.29, 0.717) is 16.3 Å². The minimum Gasteiger partial charge on any atom is -0.383 e. The third kappa shape index (κ3) is 2.49. The van der Waals surface area contributed by atoms with E-state index in [2.05, 4.69) is 11.6 Å². The van der Waals surface area contributed by atoms with Crippen LogP contribution in [0.15, 0.2) is 23.7 Å². The van der Waals surface area contributed by atoms with Crippen molar-refractivity contribution in [2.24, 2.45) is 0 Å². The minimum atomic E-state index is 0.156. The second-order valence-corrected chi connectivity index (χ2v) is 3.61. The molecule has 0 spiro atoms. The van der Waals surface area contributed by atoms with Gasteiger partial charge in [0.25, 0.3) is 0 Å². The molecule has 0 saturated carbocycles. The smallest absolute Gasteiger partial charge is 0.142 e. The zero-order valence-corrected chi connectivity index (χ0v) is 8.71. The van der Waals surface area contributed by atoms with Gasteiger partial charge in [0.1, 0.15) is 23.0 Å². The highest BCUT2D eigenvalue weighted by atomic mass is 32.2. The molecule has 15 heavy (non-hydrogen) atoms. The molecule has 0 bridgehead atoms. The molecule has 74 valence electrons. The number of anilines is 1. The summed E-state index contributed by atoms with van der Waals surface area (Å²) in [5.41, 5.74) is 6.14. The van der Waals surface area contributed by atoms with Crippen LogP contribution < -0.4 is 5.73 Å². The first-order chi connectivity index (χ1) is 7.22. The lowest BCUT2D eigenvalue weighted by atomic mass is 10.2. The lowest BCUT2D eigenvalue weighted by Crippen LogP contribution is -1.98. The fourth-order valence-corrected chi connectivity index (χ4v) is 1.63. The summed E-state index contributed by atoms with van der Waals surface area (Å²) in [6.07, 6.45) is 1.71. The Labute approximate surface area is 92.0 Å². The molecule has 0 aliphatic carbocycles. The van der Waals surface area contributed by atoms with Crippen molar-refractivity contribution in [3.05, 3.63) is 29.8 Å². The number of nitriles is 2. The molecule has 1 aromatic rings. The van der Waals surface area contributed by atoms with E-state index >= 15 is 0 Å². The molecule has 1 aromatic heterocycles. The summed E-state index contributed by atoms with van der Waals surface area (Å²) in [5.74, 6) is 0.801. The van der Waals surface area contributed by atoms with E-state index in [1.807, 2.05) is 12.1 Å². The molecule has 0 fully saturated rings. The van der Waals surface area contributed by atoms with Crippen molar-refractivity contribution in [1.82, 2.24) is 4.98 Å². The Morgan fingerprint density at radius 2 is 2.13 bits per heavy atom. The predicted octanol–water partition coefficient (Wildman–Crippen LogP) is 1.69. The van der Waals surface area contributed by atoms with Gasteiger partial charge in [-0.3, -0.25) is 0 Å². The molecule has 4 nitrogen and oxygen atoms in total. The predicted molar refractivity (Wildman–Crippen MR) is 59.0 cm³/mol. The van der Waals surface area contributed by atoms with Gasteiger partial charge >= 0.3 is 0 Å². The van der Waals surface area contributed by atoms with Gasteiger partial charge in [0, 0.05) is 5.75 Å². The summed E-state index contributed by atoms with van der Waals surface area (Å²) >= 11 is 1.36. The Morgan fingerprint density at radius 3 is 2.67 bits per heavy atom. The second-order valence-electron chi connectivity index (χ2n) is 2.60. The first kappa shape index (κ1) is 11.1. The van der Waals surface area contributed by atoms with Crippen LogP contribution in [0.25, 0.3) is 0 Å². The Morgan fingerprint density at radius 1 is 1.47 bits per heavy atom. The van der Waals surface area contributed by atoms with Crippen LogP contribution in [-0.4, -0.2) is 10.7 Å². The number of hydrogen-bond acceptors (Lipinski definition) is 5. The van der Waals surface area contributed by atoms with Gasteiger partial charge in [0.05, 0.1) is 11.1 Å². The van der Waals surface area contributed by atoms with Crippen molar-refractivity contribution in [2.75, 3.05) is 11.5 Å². The number of aromatic nitrogens is 1. The monoisotopic (exact) mass is 216 g/mol. The molecule has 0 aliphatic heterocycles. The van der Waals surface area contributed by atoms with E-state index < -0.39 is 0 Å². The lowest BCUT2D eigenvalue weighted by molar-refractivity contribution is 1.11.